The van der Waals surface area contributed by atoms with Crippen LogP contribution in [0.2, 0.25) is 0 Å². The van der Waals surface area contributed by atoms with Gasteiger partial charge < -0.3 is 14.2 Å². The summed E-state index contributed by atoms with van der Waals surface area (Å²) in [6.45, 7) is 2.54. The summed E-state index contributed by atoms with van der Waals surface area (Å²) >= 11 is 0. The molecule has 2 aromatic heterocycles. The second kappa shape index (κ2) is 4.37. The third-order valence-corrected chi connectivity index (χ3v) is 4.74. The van der Waals surface area contributed by atoms with Gasteiger partial charge in [0.2, 0.25) is 5.60 Å². The number of hydrogen-bond acceptors (Lipinski definition) is 4. The Morgan fingerprint density at radius 3 is 2.65 bits per heavy atom. The van der Waals surface area contributed by atoms with Crippen LogP contribution in [0.15, 0.2) is 10.7 Å². The van der Waals surface area contributed by atoms with Gasteiger partial charge in [-0.05, 0) is 33.1 Å². The van der Waals surface area contributed by atoms with E-state index >= 15 is 0 Å². The van der Waals surface area contributed by atoms with Gasteiger partial charge in [-0.2, -0.15) is 13.2 Å². The van der Waals surface area contributed by atoms with Gasteiger partial charge in [0, 0.05) is 17.5 Å². The number of fused-ring (bicyclic) bond motifs is 3. The number of alkyl halides is 3. The van der Waals surface area contributed by atoms with Gasteiger partial charge >= 0.3 is 6.18 Å². The van der Waals surface area contributed by atoms with Crippen molar-refractivity contribution in [2.75, 3.05) is 0 Å². The molecule has 0 bridgehead atoms. The summed E-state index contributed by atoms with van der Waals surface area (Å²) in [5.74, 6) is 0.464. The Hall–Kier alpha value is -1.83. The average molecular weight is 327 g/mol. The first-order chi connectivity index (χ1) is 10.7. The molecule has 0 aromatic carbocycles. The summed E-state index contributed by atoms with van der Waals surface area (Å²) in [6.07, 6.45) is -0.822. The molecule has 1 saturated carbocycles. The Morgan fingerprint density at radius 1 is 1.35 bits per heavy atom. The predicted molar refractivity (Wildman–Crippen MR) is 73.7 cm³/mol. The zero-order chi connectivity index (χ0) is 16.6. The fourth-order valence-corrected chi connectivity index (χ4v) is 3.25. The molecule has 1 aliphatic carbocycles. The summed E-state index contributed by atoms with van der Waals surface area (Å²) in [5, 5.41) is 14.1. The maximum atomic E-state index is 13.2. The lowest BCUT2D eigenvalue weighted by atomic mass is 9.96. The quantitative estimate of drug-likeness (QED) is 0.919. The van der Waals surface area contributed by atoms with E-state index in [2.05, 4.69) is 10.1 Å². The van der Waals surface area contributed by atoms with Crippen LogP contribution >= 0.6 is 0 Å². The lowest BCUT2D eigenvalue weighted by molar-refractivity contribution is -0.262. The Morgan fingerprint density at radius 2 is 2.04 bits per heavy atom. The van der Waals surface area contributed by atoms with Crippen molar-refractivity contribution >= 4 is 0 Å². The zero-order valence-corrected chi connectivity index (χ0v) is 12.7. The monoisotopic (exact) mass is 327 g/mol. The molecule has 3 heterocycles. The topological polar surface area (TPSA) is 64.1 Å². The summed E-state index contributed by atoms with van der Waals surface area (Å²) < 4.78 is 46.3. The number of rotatable bonds is 2. The van der Waals surface area contributed by atoms with Crippen molar-refractivity contribution in [2.45, 2.75) is 56.8 Å². The normalized spacial score (nSPS) is 23.3. The van der Waals surface area contributed by atoms with Crippen molar-refractivity contribution in [2.24, 2.45) is 0 Å². The third-order valence-electron chi connectivity index (χ3n) is 4.74. The van der Waals surface area contributed by atoms with Crippen molar-refractivity contribution in [1.29, 1.82) is 0 Å². The van der Waals surface area contributed by atoms with Crippen LogP contribution in [0.1, 0.15) is 55.7 Å². The van der Waals surface area contributed by atoms with Gasteiger partial charge in [0.1, 0.15) is 5.69 Å². The molecule has 0 saturated heterocycles. The number of halogens is 3. The van der Waals surface area contributed by atoms with Gasteiger partial charge in [0.15, 0.2) is 11.6 Å². The molecule has 5 nitrogen and oxygen atoms in total. The second-order valence-corrected chi connectivity index (χ2v) is 6.61. The summed E-state index contributed by atoms with van der Waals surface area (Å²) in [6, 6.07) is -0.263. The number of nitrogens with zero attached hydrogens (tertiary/aromatic N) is 3. The van der Waals surface area contributed by atoms with Crippen LogP contribution in [0.3, 0.4) is 0 Å². The fourth-order valence-electron chi connectivity index (χ4n) is 3.25. The van der Waals surface area contributed by atoms with Crippen LogP contribution in [-0.4, -0.2) is 26.0 Å². The summed E-state index contributed by atoms with van der Waals surface area (Å²) in [5.41, 5.74) is -0.692. The number of imidazole rings is 1. The molecule has 124 valence electrons. The molecule has 1 aliphatic heterocycles. The van der Waals surface area contributed by atoms with Crippen LogP contribution in [0.5, 0.6) is 0 Å². The molecule has 0 radical (unpaired) electrons. The highest BCUT2D eigenvalue weighted by Crippen LogP contribution is 2.48. The highest BCUT2D eigenvalue weighted by atomic mass is 19.4. The van der Waals surface area contributed by atoms with Crippen LogP contribution in [0, 0.1) is 0 Å². The van der Waals surface area contributed by atoms with E-state index in [0.29, 0.717) is 23.8 Å². The maximum Gasteiger partial charge on any atom is 0.424 e. The first-order valence-corrected chi connectivity index (χ1v) is 7.57. The molecule has 0 spiro atoms. The van der Waals surface area contributed by atoms with Gasteiger partial charge in [0.25, 0.3) is 0 Å². The van der Waals surface area contributed by atoms with Crippen molar-refractivity contribution in [1.82, 2.24) is 14.7 Å². The molecule has 1 fully saturated rings. The molecule has 4 rings (SSSR count). The van der Waals surface area contributed by atoms with Crippen molar-refractivity contribution in [3.05, 3.63) is 23.3 Å². The van der Waals surface area contributed by atoms with Crippen LogP contribution in [0.25, 0.3) is 11.5 Å². The molecular formula is C15H16F3N3O2. The molecule has 1 N–H and O–H groups in total. The fraction of sp³-hybridized carbons (Fsp3) is 0.600. The minimum absolute atomic E-state index is 0.263. The summed E-state index contributed by atoms with van der Waals surface area (Å²) in [7, 11) is 0. The van der Waals surface area contributed by atoms with E-state index in [4.69, 9.17) is 4.52 Å². The lowest BCUT2D eigenvalue weighted by Crippen LogP contribution is -2.42. The summed E-state index contributed by atoms with van der Waals surface area (Å²) in [4.78, 5) is 3.86. The number of hydrogen-bond donors (Lipinski definition) is 1. The van der Waals surface area contributed by atoms with Crippen LogP contribution in [0.4, 0.5) is 13.2 Å². The largest absolute Gasteiger partial charge is 0.424 e. The van der Waals surface area contributed by atoms with Gasteiger partial charge in [-0.15, -0.1) is 0 Å². The van der Waals surface area contributed by atoms with Crippen molar-refractivity contribution in [3.8, 4) is 11.5 Å². The zero-order valence-electron chi connectivity index (χ0n) is 12.7. The molecule has 8 heteroatoms. The highest BCUT2D eigenvalue weighted by molar-refractivity contribution is 5.61. The third kappa shape index (κ3) is 1.97. The molecule has 23 heavy (non-hydrogen) atoms. The number of aromatic nitrogens is 3. The molecule has 2 aliphatic rings. The van der Waals surface area contributed by atoms with E-state index in [1.165, 1.54) is 10.8 Å². The van der Waals surface area contributed by atoms with Gasteiger partial charge in [-0.25, -0.2) is 4.98 Å². The van der Waals surface area contributed by atoms with Crippen molar-refractivity contribution in [3.63, 3.8) is 0 Å². The Balaban J connectivity index is 1.86. The van der Waals surface area contributed by atoms with E-state index in [1.54, 1.807) is 0 Å². The minimum atomic E-state index is -4.81. The average Bonchev–Trinajstić information content (AvgIpc) is 3.03. The molecule has 0 unspecified atom stereocenters. The van der Waals surface area contributed by atoms with Gasteiger partial charge in [-0.3, -0.25) is 0 Å². The Labute approximate surface area is 130 Å². The first-order valence-electron chi connectivity index (χ1n) is 7.57. The second-order valence-electron chi connectivity index (χ2n) is 6.61. The molecular weight excluding hydrogens is 311 g/mol. The smallest absolute Gasteiger partial charge is 0.374 e. The van der Waals surface area contributed by atoms with Crippen molar-refractivity contribution < 1.29 is 22.8 Å². The van der Waals surface area contributed by atoms with Gasteiger partial charge in [-0.1, -0.05) is 5.16 Å². The molecule has 2 atom stereocenters. The highest BCUT2D eigenvalue weighted by Gasteiger charge is 2.55. The SMILES string of the molecule is C[C@@H]1Cc2c(C3CC3)noc2-c2cnc([C@](C)(O)C(F)(F)F)n21. The standard InChI is InChI=1S/C15H16F3N3O2/c1-7-5-9-11(8-3-4-8)20-23-12(9)10-6-19-13(21(7)10)14(2,22)15(16,17)18/h6-8,22H,3-5H2,1-2H3/t7-,14+/m1/s1. The number of aliphatic hydroxyl groups is 1. The van der Waals surface area contributed by atoms with E-state index < -0.39 is 17.6 Å². The minimum Gasteiger partial charge on any atom is -0.374 e. The first kappa shape index (κ1) is 14.7. The van der Waals surface area contributed by atoms with E-state index in [9.17, 15) is 18.3 Å². The molecule has 2 aromatic rings. The Bertz CT molecular complexity index is 772. The maximum absolute atomic E-state index is 13.2. The van der Waals surface area contributed by atoms with Crippen LogP contribution in [-0.2, 0) is 12.0 Å². The Kier molecular flexibility index (Phi) is 2.80. The van der Waals surface area contributed by atoms with E-state index in [-0.39, 0.29) is 6.04 Å². The van der Waals surface area contributed by atoms with Gasteiger partial charge in [0.05, 0.1) is 11.9 Å². The van der Waals surface area contributed by atoms with Crippen LogP contribution < -0.4 is 0 Å². The van der Waals surface area contributed by atoms with E-state index in [1.807, 2.05) is 6.92 Å². The predicted octanol–water partition coefficient (Wildman–Crippen LogP) is 3.30. The van der Waals surface area contributed by atoms with E-state index in [0.717, 1.165) is 31.0 Å². The lowest BCUT2D eigenvalue weighted by Gasteiger charge is -2.30. The molecule has 0 amide bonds.